The first-order valence-electron chi connectivity index (χ1n) is 5.12. The predicted octanol–water partition coefficient (Wildman–Crippen LogP) is 1.77. The number of hydrogen-bond acceptors (Lipinski definition) is 1. The Balaban J connectivity index is 1.90. The van der Waals surface area contributed by atoms with Crippen molar-refractivity contribution in [1.29, 1.82) is 0 Å². The third-order valence-electron chi connectivity index (χ3n) is 4.48. The molecule has 2 bridgehead atoms. The van der Waals surface area contributed by atoms with E-state index in [0.29, 0.717) is 6.04 Å². The first-order chi connectivity index (χ1) is 5.36. The summed E-state index contributed by atoms with van der Waals surface area (Å²) in [6.07, 6.45) is 7.36. The van der Waals surface area contributed by atoms with E-state index in [1.807, 2.05) is 0 Å². The molecule has 5 atom stereocenters. The van der Waals surface area contributed by atoms with Gasteiger partial charge in [0.05, 0.1) is 0 Å². The second-order valence-electron chi connectivity index (χ2n) is 4.82. The third kappa shape index (κ3) is 0.703. The summed E-state index contributed by atoms with van der Waals surface area (Å²) in [7, 11) is 0. The minimum Gasteiger partial charge on any atom is -0.327 e. The molecule has 0 aliphatic heterocycles. The van der Waals surface area contributed by atoms with Crippen LogP contribution in [0.15, 0.2) is 0 Å². The normalized spacial score (nSPS) is 60.3. The number of fused-ring (bicyclic) bond motifs is 5. The first kappa shape index (κ1) is 6.47. The van der Waals surface area contributed by atoms with Gasteiger partial charge in [0, 0.05) is 6.04 Å². The maximum Gasteiger partial charge on any atom is 0.00727 e. The van der Waals surface area contributed by atoms with Gasteiger partial charge in [0.2, 0.25) is 0 Å². The molecule has 3 aliphatic rings. The molecule has 2 N–H and O–H groups in total. The first-order valence-corrected chi connectivity index (χ1v) is 5.12. The number of nitrogens with two attached hydrogens (primary N) is 1. The molecule has 0 heterocycles. The molecule has 1 heteroatoms. The minimum atomic E-state index is 0.583. The standard InChI is InChI=1S/C10H17N/c11-10-5-6-4-9(10)8-3-1-2-7(6)8/h6-10H,1-5,11H2/t6-,7+,8-,9-,10-/m1/s1. The van der Waals surface area contributed by atoms with Crippen LogP contribution in [0.1, 0.15) is 32.1 Å². The fourth-order valence-electron chi connectivity index (χ4n) is 4.12. The zero-order valence-corrected chi connectivity index (χ0v) is 7.00. The van der Waals surface area contributed by atoms with Crippen LogP contribution in [-0.4, -0.2) is 6.04 Å². The predicted molar refractivity (Wildman–Crippen MR) is 45.0 cm³/mol. The molecule has 3 rings (SSSR count). The molecule has 3 saturated carbocycles. The Hall–Kier alpha value is -0.0400. The molecule has 62 valence electrons. The quantitative estimate of drug-likeness (QED) is 0.561. The van der Waals surface area contributed by atoms with Gasteiger partial charge in [-0.25, -0.2) is 0 Å². The molecule has 0 spiro atoms. The van der Waals surface area contributed by atoms with Crippen LogP contribution < -0.4 is 5.73 Å². The molecule has 0 radical (unpaired) electrons. The maximum atomic E-state index is 6.08. The van der Waals surface area contributed by atoms with E-state index >= 15 is 0 Å². The molecule has 0 aromatic rings. The Labute approximate surface area is 68.3 Å². The van der Waals surface area contributed by atoms with Crippen molar-refractivity contribution in [3.63, 3.8) is 0 Å². The lowest BCUT2D eigenvalue weighted by atomic mass is 9.79. The summed E-state index contributed by atoms with van der Waals surface area (Å²) < 4.78 is 0. The molecule has 0 saturated heterocycles. The monoisotopic (exact) mass is 151 g/mol. The van der Waals surface area contributed by atoms with Gasteiger partial charge >= 0.3 is 0 Å². The van der Waals surface area contributed by atoms with E-state index in [2.05, 4.69) is 0 Å². The molecule has 0 amide bonds. The van der Waals surface area contributed by atoms with Gasteiger partial charge in [-0.2, -0.15) is 0 Å². The molecule has 0 aromatic carbocycles. The molecule has 0 aromatic heterocycles. The van der Waals surface area contributed by atoms with Crippen molar-refractivity contribution >= 4 is 0 Å². The summed E-state index contributed by atoms with van der Waals surface area (Å²) >= 11 is 0. The van der Waals surface area contributed by atoms with Crippen LogP contribution in [0.25, 0.3) is 0 Å². The largest absolute Gasteiger partial charge is 0.327 e. The fourth-order valence-corrected chi connectivity index (χ4v) is 4.12. The molecule has 3 fully saturated rings. The van der Waals surface area contributed by atoms with Crippen LogP contribution in [0.2, 0.25) is 0 Å². The second-order valence-corrected chi connectivity index (χ2v) is 4.82. The van der Waals surface area contributed by atoms with Crippen LogP contribution in [0, 0.1) is 23.7 Å². The highest BCUT2D eigenvalue weighted by atomic mass is 14.7. The minimum absolute atomic E-state index is 0.583. The van der Waals surface area contributed by atoms with Crippen LogP contribution in [0.4, 0.5) is 0 Å². The summed E-state index contributed by atoms with van der Waals surface area (Å²) in [5.41, 5.74) is 6.08. The van der Waals surface area contributed by atoms with Crippen LogP contribution in [-0.2, 0) is 0 Å². The topological polar surface area (TPSA) is 26.0 Å². The molecule has 11 heavy (non-hydrogen) atoms. The third-order valence-corrected chi connectivity index (χ3v) is 4.48. The van der Waals surface area contributed by atoms with Gasteiger partial charge in [-0.05, 0) is 49.4 Å². The summed E-state index contributed by atoms with van der Waals surface area (Å²) in [5, 5.41) is 0. The van der Waals surface area contributed by atoms with Crippen molar-refractivity contribution in [3.05, 3.63) is 0 Å². The number of rotatable bonds is 0. The van der Waals surface area contributed by atoms with Crippen LogP contribution in [0.3, 0.4) is 0 Å². The van der Waals surface area contributed by atoms with Gasteiger partial charge < -0.3 is 5.73 Å². The van der Waals surface area contributed by atoms with E-state index in [0.717, 1.165) is 23.7 Å². The van der Waals surface area contributed by atoms with Gasteiger partial charge in [0.25, 0.3) is 0 Å². The molecular weight excluding hydrogens is 134 g/mol. The smallest absolute Gasteiger partial charge is 0.00727 e. The Kier molecular flexibility index (Phi) is 1.18. The zero-order chi connectivity index (χ0) is 7.42. The lowest BCUT2D eigenvalue weighted by molar-refractivity contribution is 0.234. The Morgan fingerprint density at radius 2 is 1.73 bits per heavy atom. The Morgan fingerprint density at radius 3 is 2.64 bits per heavy atom. The second kappa shape index (κ2) is 2.01. The van der Waals surface area contributed by atoms with Gasteiger partial charge in [0.1, 0.15) is 0 Å². The summed E-state index contributed by atoms with van der Waals surface area (Å²) in [6.45, 7) is 0. The highest BCUT2D eigenvalue weighted by Gasteiger charge is 2.52. The molecule has 3 aliphatic carbocycles. The highest BCUT2D eigenvalue weighted by Crippen LogP contribution is 2.58. The van der Waals surface area contributed by atoms with Crippen LogP contribution >= 0.6 is 0 Å². The fraction of sp³-hybridized carbons (Fsp3) is 1.00. The van der Waals surface area contributed by atoms with Crippen molar-refractivity contribution in [2.45, 2.75) is 38.1 Å². The number of hydrogen-bond donors (Lipinski definition) is 1. The lowest BCUT2D eigenvalue weighted by Gasteiger charge is -2.28. The van der Waals surface area contributed by atoms with Gasteiger partial charge in [-0.3, -0.25) is 0 Å². The van der Waals surface area contributed by atoms with Gasteiger partial charge in [-0.15, -0.1) is 0 Å². The van der Waals surface area contributed by atoms with Crippen molar-refractivity contribution in [2.75, 3.05) is 0 Å². The van der Waals surface area contributed by atoms with Gasteiger partial charge in [-0.1, -0.05) is 6.42 Å². The van der Waals surface area contributed by atoms with Crippen molar-refractivity contribution < 1.29 is 0 Å². The molecule has 1 nitrogen and oxygen atoms in total. The summed E-state index contributed by atoms with van der Waals surface area (Å²) in [6, 6.07) is 0.583. The van der Waals surface area contributed by atoms with Crippen LogP contribution in [0.5, 0.6) is 0 Å². The average molecular weight is 151 g/mol. The van der Waals surface area contributed by atoms with Crippen molar-refractivity contribution in [2.24, 2.45) is 29.4 Å². The summed E-state index contributed by atoms with van der Waals surface area (Å²) in [5.74, 6) is 4.15. The van der Waals surface area contributed by atoms with Gasteiger partial charge in [0.15, 0.2) is 0 Å². The lowest BCUT2D eigenvalue weighted by Crippen LogP contribution is -2.34. The van der Waals surface area contributed by atoms with Crippen molar-refractivity contribution in [1.82, 2.24) is 0 Å². The van der Waals surface area contributed by atoms with E-state index in [-0.39, 0.29) is 0 Å². The summed E-state index contributed by atoms with van der Waals surface area (Å²) in [4.78, 5) is 0. The average Bonchev–Trinajstić information content (AvgIpc) is 2.52. The Bertz CT molecular complexity index is 178. The molecule has 0 unspecified atom stereocenters. The van der Waals surface area contributed by atoms with Crippen molar-refractivity contribution in [3.8, 4) is 0 Å². The SMILES string of the molecule is N[C@@H]1C[C@H]2C[C@@H]1[C@@H]1CCC[C@@H]21. The van der Waals surface area contributed by atoms with E-state index in [1.54, 1.807) is 0 Å². The van der Waals surface area contributed by atoms with E-state index in [4.69, 9.17) is 5.73 Å². The zero-order valence-electron chi connectivity index (χ0n) is 7.00. The van der Waals surface area contributed by atoms with E-state index < -0.39 is 0 Å². The molecular formula is C10H17N. The highest BCUT2D eigenvalue weighted by molar-refractivity contribution is 5.04. The van der Waals surface area contributed by atoms with E-state index in [1.165, 1.54) is 32.1 Å². The van der Waals surface area contributed by atoms with E-state index in [9.17, 15) is 0 Å². The maximum absolute atomic E-state index is 6.08. The Morgan fingerprint density at radius 1 is 0.909 bits per heavy atom.